The van der Waals surface area contributed by atoms with E-state index in [1.54, 1.807) is 31.2 Å². The lowest BCUT2D eigenvalue weighted by Gasteiger charge is -2.17. The van der Waals surface area contributed by atoms with Gasteiger partial charge < -0.3 is 5.32 Å². The fraction of sp³-hybridized carbons (Fsp3) is 0.125. The Morgan fingerprint density at radius 1 is 1.12 bits per heavy atom. The van der Waals surface area contributed by atoms with Gasteiger partial charge in [0, 0.05) is 5.69 Å². The van der Waals surface area contributed by atoms with Crippen molar-refractivity contribution in [3.63, 3.8) is 0 Å². The summed E-state index contributed by atoms with van der Waals surface area (Å²) in [4.78, 5) is 30.8. The molecule has 8 heteroatoms. The quantitative estimate of drug-likeness (QED) is 0.306. The number of hydrogen-bond acceptors (Lipinski definition) is 4. The number of aryl methyl sites for hydroxylation is 1. The van der Waals surface area contributed by atoms with E-state index in [0.717, 1.165) is 23.0 Å². The van der Waals surface area contributed by atoms with Crippen LogP contribution in [0.2, 0.25) is 5.02 Å². The van der Waals surface area contributed by atoms with Gasteiger partial charge in [-0.3, -0.25) is 14.2 Å². The Morgan fingerprint density at radius 3 is 2.59 bits per heavy atom. The van der Waals surface area contributed by atoms with E-state index in [0.29, 0.717) is 21.7 Å². The standard InChI is InChI=1S/C24H19ClFN3O2S/c1-14-7-3-5-9-20(14)27-22(30)15(2)32-24-28-21-10-6-4-8-17(21)23(31)29(24)16-11-12-19(26)18(25)13-16/h3-13,15H,1-2H3,(H,27,30). The van der Waals surface area contributed by atoms with Gasteiger partial charge in [0.05, 0.1) is 26.9 Å². The third-order valence-corrected chi connectivity index (χ3v) is 6.30. The number of halogens is 2. The molecule has 1 amide bonds. The number of aromatic nitrogens is 2. The lowest BCUT2D eigenvalue weighted by atomic mass is 10.2. The Balaban J connectivity index is 1.75. The van der Waals surface area contributed by atoms with Crippen molar-refractivity contribution in [3.05, 3.63) is 93.5 Å². The Morgan fingerprint density at radius 2 is 1.84 bits per heavy atom. The number of fused-ring (bicyclic) bond motifs is 1. The fourth-order valence-electron chi connectivity index (χ4n) is 3.20. The second-order valence-electron chi connectivity index (χ2n) is 7.21. The van der Waals surface area contributed by atoms with Crippen molar-refractivity contribution >= 4 is 45.9 Å². The van der Waals surface area contributed by atoms with Crippen LogP contribution in [0.3, 0.4) is 0 Å². The van der Waals surface area contributed by atoms with Crippen LogP contribution in [0, 0.1) is 12.7 Å². The van der Waals surface area contributed by atoms with Crippen molar-refractivity contribution in [2.24, 2.45) is 0 Å². The molecule has 1 unspecified atom stereocenters. The first-order chi connectivity index (χ1) is 15.3. The molecule has 0 bridgehead atoms. The van der Waals surface area contributed by atoms with Crippen molar-refractivity contribution in [1.82, 2.24) is 9.55 Å². The molecule has 162 valence electrons. The minimum absolute atomic E-state index is 0.108. The predicted molar refractivity (Wildman–Crippen MR) is 127 cm³/mol. The summed E-state index contributed by atoms with van der Waals surface area (Å²) in [5.41, 5.74) is 2.22. The van der Waals surface area contributed by atoms with Crippen molar-refractivity contribution in [2.45, 2.75) is 24.3 Å². The molecule has 1 heterocycles. The summed E-state index contributed by atoms with van der Waals surface area (Å²) in [6.45, 7) is 3.65. The Kier molecular flexibility index (Phi) is 6.30. The highest BCUT2D eigenvalue weighted by Crippen LogP contribution is 2.28. The molecule has 0 aliphatic rings. The highest BCUT2D eigenvalue weighted by molar-refractivity contribution is 8.00. The van der Waals surface area contributed by atoms with Crippen molar-refractivity contribution in [3.8, 4) is 5.69 Å². The van der Waals surface area contributed by atoms with Gasteiger partial charge in [0.15, 0.2) is 5.16 Å². The van der Waals surface area contributed by atoms with E-state index in [4.69, 9.17) is 11.6 Å². The van der Waals surface area contributed by atoms with Crippen molar-refractivity contribution in [1.29, 1.82) is 0 Å². The summed E-state index contributed by atoms with van der Waals surface area (Å²) >= 11 is 7.11. The number of anilines is 1. The molecule has 4 rings (SSSR count). The van der Waals surface area contributed by atoms with Crippen LogP contribution in [0.1, 0.15) is 12.5 Å². The van der Waals surface area contributed by atoms with Crippen LogP contribution in [0.4, 0.5) is 10.1 Å². The van der Waals surface area contributed by atoms with Gasteiger partial charge >= 0.3 is 0 Å². The number of para-hydroxylation sites is 2. The Hall–Kier alpha value is -3.16. The largest absolute Gasteiger partial charge is 0.325 e. The summed E-state index contributed by atoms with van der Waals surface area (Å²) < 4.78 is 15.1. The molecular formula is C24H19ClFN3O2S. The summed E-state index contributed by atoms with van der Waals surface area (Å²) in [6.07, 6.45) is 0. The second-order valence-corrected chi connectivity index (χ2v) is 8.93. The van der Waals surface area contributed by atoms with Crippen LogP contribution in [-0.4, -0.2) is 20.7 Å². The molecule has 1 atom stereocenters. The van der Waals surface area contributed by atoms with E-state index in [1.165, 1.54) is 22.8 Å². The number of benzene rings is 3. The number of rotatable bonds is 5. The first-order valence-corrected chi connectivity index (χ1v) is 11.1. The maximum absolute atomic E-state index is 13.7. The number of hydrogen-bond donors (Lipinski definition) is 1. The van der Waals surface area contributed by atoms with Crippen LogP contribution < -0.4 is 10.9 Å². The molecule has 3 aromatic carbocycles. The number of carbonyl (C=O) groups excluding carboxylic acids is 1. The monoisotopic (exact) mass is 467 g/mol. The molecule has 1 N–H and O–H groups in total. The molecule has 32 heavy (non-hydrogen) atoms. The zero-order chi connectivity index (χ0) is 22.8. The molecule has 1 aromatic heterocycles. The predicted octanol–water partition coefficient (Wildman–Crippen LogP) is 5.61. The summed E-state index contributed by atoms with van der Waals surface area (Å²) in [5, 5.41) is 2.96. The minimum Gasteiger partial charge on any atom is -0.325 e. The third kappa shape index (κ3) is 4.40. The van der Waals surface area contributed by atoms with E-state index in [9.17, 15) is 14.0 Å². The second kappa shape index (κ2) is 9.14. The van der Waals surface area contributed by atoms with Crippen LogP contribution in [0.25, 0.3) is 16.6 Å². The lowest BCUT2D eigenvalue weighted by Crippen LogP contribution is -2.26. The van der Waals surface area contributed by atoms with E-state index < -0.39 is 11.1 Å². The first kappa shape index (κ1) is 22.0. The molecule has 0 spiro atoms. The van der Waals surface area contributed by atoms with E-state index in [-0.39, 0.29) is 16.5 Å². The van der Waals surface area contributed by atoms with E-state index in [2.05, 4.69) is 10.3 Å². The molecule has 0 fully saturated rings. The fourth-order valence-corrected chi connectivity index (χ4v) is 4.30. The minimum atomic E-state index is -0.586. The maximum atomic E-state index is 13.7. The van der Waals surface area contributed by atoms with Gasteiger partial charge in [0.25, 0.3) is 5.56 Å². The highest BCUT2D eigenvalue weighted by atomic mass is 35.5. The van der Waals surface area contributed by atoms with Crippen LogP contribution >= 0.6 is 23.4 Å². The SMILES string of the molecule is Cc1ccccc1NC(=O)C(C)Sc1nc2ccccc2c(=O)n1-c1ccc(F)c(Cl)c1. The molecule has 0 saturated carbocycles. The third-order valence-electron chi connectivity index (χ3n) is 4.96. The summed E-state index contributed by atoms with van der Waals surface area (Å²) in [5.74, 6) is -0.812. The van der Waals surface area contributed by atoms with Gasteiger partial charge in [-0.2, -0.15) is 0 Å². The number of carbonyl (C=O) groups is 1. The molecule has 0 aliphatic carbocycles. The number of amides is 1. The summed E-state index contributed by atoms with van der Waals surface area (Å²) in [7, 11) is 0. The van der Waals surface area contributed by atoms with Gasteiger partial charge in [0.1, 0.15) is 5.82 Å². The molecule has 0 radical (unpaired) electrons. The van der Waals surface area contributed by atoms with E-state index in [1.807, 2.05) is 31.2 Å². The molecule has 4 aromatic rings. The van der Waals surface area contributed by atoms with Crippen LogP contribution in [0.15, 0.2) is 76.7 Å². The lowest BCUT2D eigenvalue weighted by molar-refractivity contribution is -0.115. The van der Waals surface area contributed by atoms with Gasteiger partial charge in [-0.25, -0.2) is 9.37 Å². The molecular weight excluding hydrogens is 449 g/mol. The van der Waals surface area contributed by atoms with E-state index >= 15 is 0 Å². The smallest absolute Gasteiger partial charge is 0.266 e. The average Bonchev–Trinajstić information content (AvgIpc) is 2.77. The highest BCUT2D eigenvalue weighted by Gasteiger charge is 2.21. The number of nitrogens with one attached hydrogen (secondary N) is 1. The zero-order valence-corrected chi connectivity index (χ0v) is 18.9. The molecule has 5 nitrogen and oxygen atoms in total. The number of thioether (sulfide) groups is 1. The van der Waals surface area contributed by atoms with Gasteiger partial charge in [-0.05, 0) is 55.8 Å². The molecule has 0 saturated heterocycles. The van der Waals surface area contributed by atoms with Crippen LogP contribution in [-0.2, 0) is 4.79 Å². The molecule has 0 aliphatic heterocycles. The Labute approximate surface area is 193 Å². The maximum Gasteiger partial charge on any atom is 0.266 e. The zero-order valence-electron chi connectivity index (χ0n) is 17.3. The van der Waals surface area contributed by atoms with Crippen molar-refractivity contribution in [2.75, 3.05) is 5.32 Å². The van der Waals surface area contributed by atoms with Crippen LogP contribution in [0.5, 0.6) is 0 Å². The number of nitrogens with zero attached hydrogens (tertiary/aromatic N) is 2. The summed E-state index contributed by atoms with van der Waals surface area (Å²) in [6, 6.07) is 18.5. The van der Waals surface area contributed by atoms with Crippen molar-refractivity contribution < 1.29 is 9.18 Å². The Bertz CT molecular complexity index is 1390. The van der Waals surface area contributed by atoms with Gasteiger partial charge in [0.2, 0.25) is 5.91 Å². The first-order valence-electron chi connectivity index (χ1n) is 9.85. The normalized spacial score (nSPS) is 12.0. The topological polar surface area (TPSA) is 64.0 Å². The van der Waals surface area contributed by atoms with Gasteiger partial charge in [-0.15, -0.1) is 0 Å². The van der Waals surface area contributed by atoms with Gasteiger partial charge in [-0.1, -0.05) is 53.7 Å². The average molecular weight is 468 g/mol.